The Morgan fingerprint density at radius 1 is 0.969 bits per heavy atom. The molecule has 1 aliphatic heterocycles. The van der Waals surface area contributed by atoms with Crippen molar-refractivity contribution in [3.63, 3.8) is 0 Å². The number of carbonyl (C=O) groups is 2. The molecule has 32 heavy (non-hydrogen) atoms. The van der Waals surface area contributed by atoms with Crippen molar-refractivity contribution in [3.05, 3.63) is 65.5 Å². The number of piperazine rings is 1. The van der Waals surface area contributed by atoms with E-state index >= 15 is 0 Å². The second kappa shape index (κ2) is 10.8. The van der Waals surface area contributed by atoms with E-state index in [2.05, 4.69) is 5.32 Å². The predicted molar refractivity (Wildman–Crippen MR) is 119 cm³/mol. The summed E-state index contributed by atoms with van der Waals surface area (Å²) in [6, 6.07) is 12.8. The topological polar surface area (TPSA) is 86.8 Å². The van der Waals surface area contributed by atoms with Crippen molar-refractivity contribution >= 4 is 21.7 Å². The molecule has 172 valence electrons. The normalized spacial score (nSPS) is 15.4. The molecular weight excluding hydrogens is 433 g/mol. The summed E-state index contributed by atoms with van der Waals surface area (Å²) in [5.41, 5.74) is 1.89. The van der Waals surface area contributed by atoms with Gasteiger partial charge in [0, 0.05) is 32.7 Å². The van der Waals surface area contributed by atoms with Crippen molar-refractivity contribution in [2.24, 2.45) is 0 Å². The van der Waals surface area contributed by atoms with E-state index in [9.17, 15) is 22.4 Å². The van der Waals surface area contributed by atoms with Gasteiger partial charge in [0.05, 0.1) is 17.9 Å². The summed E-state index contributed by atoms with van der Waals surface area (Å²) in [6.45, 7) is 3.85. The van der Waals surface area contributed by atoms with E-state index in [1.165, 1.54) is 16.4 Å². The Labute approximate surface area is 188 Å². The van der Waals surface area contributed by atoms with E-state index in [4.69, 9.17) is 0 Å². The number of nitrogens with one attached hydrogen (secondary N) is 1. The van der Waals surface area contributed by atoms with Gasteiger partial charge in [0.15, 0.2) is 5.78 Å². The molecule has 0 unspecified atom stereocenters. The first-order chi connectivity index (χ1) is 15.2. The molecule has 1 aliphatic rings. The highest BCUT2D eigenvalue weighted by molar-refractivity contribution is 7.89. The molecule has 1 saturated heterocycles. The fraction of sp³-hybridized carbons (Fsp3) is 0.391. The quantitative estimate of drug-likeness (QED) is 0.575. The van der Waals surface area contributed by atoms with Gasteiger partial charge < -0.3 is 5.32 Å². The third-order valence-electron chi connectivity index (χ3n) is 5.40. The van der Waals surface area contributed by atoms with E-state index < -0.39 is 10.0 Å². The molecular formula is C23H28FN3O4S. The summed E-state index contributed by atoms with van der Waals surface area (Å²) in [4.78, 5) is 26.4. The summed E-state index contributed by atoms with van der Waals surface area (Å²) in [6.07, 6.45) is 0.336. The lowest BCUT2D eigenvalue weighted by Crippen LogP contribution is -2.50. The average molecular weight is 462 g/mol. The molecule has 0 atom stereocenters. The highest BCUT2D eigenvalue weighted by Gasteiger charge is 2.29. The van der Waals surface area contributed by atoms with Gasteiger partial charge >= 0.3 is 0 Å². The number of carbonyl (C=O) groups excluding carboxylic acids is 2. The van der Waals surface area contributed by atoms with Crippen molar-refractivity contribution in [1.82, 2.24) is 14.5 Å². The third-order valence-corrected chi connectivity index (χ3v) is 7.31. The van der Waals surface area contributed by atoms with Crippen LogP contribution >= 0.6 is 0 Å². The van der Waals surface area contributed by atoms with Gasteiger partial charge in [-0.1, -0.05) is 29.8 Å². The van der Waals surface area contributed by atoms with Gasteiger partial charge in [-0.25, -0.2) is 12.8 Å². The molecule has 0 saturated carbocycles. The summed E-state index contributed by atoms with van der Waals surface area (Å²) >= 11 is 0. The molecule has 1 N–H and O–H groups in total. The molecule has 2 aromatic carbocycles. The van der Waals surface area contributed by atoms with Crippen LogP contribution in [0, 0.1) is 12.7 Å². The maximum absolute atomic E-state index is 12.9. The smallest absolute Gasteiger partial charge is 0.243 e. The van der Waals surface area contributed by atoms with Crippen molar-refractivity contribution < 1.29 is 22.4 Å². The van der Waals surface area contributed by atoms with Crippen LogP contribution in [-0.2, 0) is 26.0 Å². The van der Waals surface area contributed by atoms with E-state index in [1.807, 2.05) is 11.8 Å². The van der Waals surface area contributed by atoms with Gasteiger partial charge in [-0.2, -0.15) is 4.31 Å². The van der Waals surface area contributed by atoms with Gasteiger partial charge in [0.1, 0.15) is 5.82 Å². The Balaban J connectivity index is 1.38. The number of hydrogen-bond donors (Lipinski definition) is 1. The van der Waals surface area contributed by atoms with Crippen LogP contribution in [0.5, 0.6) is 0 Å². The monoisotopic (exact) mass is 461 g/mol. The SMILES string of the molecule is Cc1ccc(S(=O)(=O)N2CCN(CC(=O)CC(=O)NCCc3ccc(F)cc3)CC2)cc1. The fourth-order valence-electron chi connectivity index (χ4n) is 3.53. The number of rotatable bonds is 9. The lowest BCUT2D eigenvalue weighted by Gasteiger charge is -2.33. The largest absolute Gasteiger partial charge is 0.355 e. The zero-order valence-electron chi connectivity index (χ0n) is 18.1. The number of hydrogen-bond acceptors (Lipinski definition) is 5. The number of Topliss-reactive ketones (excluding diaryl/α,β-unsaturated/α-hetero) is 1. The molecule has 0 aromatic heterocycles. The summed E-state index contributed by atoms with van der Waals surface area (Å²) < 4.78 is 39.9. The molecule has 1 heterocycles. The first-order valence-corrected chi connectivity index (χ1v) is 12.0. The average Bonchev–Trinajstić information content (AvgIpc) is 2.76. The molecule has 9 heteroatoms. The van der Waals surface area contributed by atoms with Gasteiger partial charge in [-0.15, -0.1) is 0 Å². The zero-order valence-corrected chi connectivity index (χ0v) is 18.9. The fourth-order valence-corrected chi connectivity index (χ4v) is 4.95. The molecule has 0 spiro atoms. The summed E-state index contributed by atoms with van der Waals surface area (Å²) in [7, 11) is -3.55. The zero-order chi connectivity index (χ0) is 23.1. The van der Waals surface area contributed by atoms with Gasteiger partial charge in [-0.3, -0.25) is 14.5 Å². The standard InChI is InChI=1S/C23H28FN3O4S/c1-18-2-8-22(9-3-18)32(30,31)27-14-12-26(13-15-27)17-21(28)16-23(29)25-11-10-19-4-6-20(24)7-5-19/h2-9H,10-17H2,1H3,(H,25,29). The Hall–Kier alpha value is -2.62. The molecule has 2 aromatic rings. The van der Waals surface area contributed by atoms with Crippen LogP contribution in [0.1, 0.15) is 17.5 Å². The first-order valence-electron chi connectivity index (χ1n) is 10.6. The van der Waals surface area contributed by atoms with Crippen molar-refractivity contribution in [1.29, 1.82) is 0 Å². The third kappa shape index (κ3) is 6.69. The lowest BCUT2D eigenvalue weighted by atomic mass is 10.1. The van der Waals surface area contributed by atoms with Gasteiger partial charge in [-0.05, 0) is 43.2 Å². The molecule has 0 aliphatic carbocycles. The predicted octanol–water partition coefficient (Wildman–Crippen LogP) is 1.76. The molecule has 1 amide bonds. The van der Waals surface area contributed by atoms with Crippen molar-refractivity contribution in [3.8, 4) is 0 Å². The minimum absolute atomic E-state index is 0.115. The van der Waals surface area contributed by atoms with E-state index in [0.29, 0.717) is 39.1 Å². The van der Waals surface area contributed by atoms with Crippen LogP contribution in [0.4, 0.5) is 4.39 Å². The second-order valence-electron chi connectivity index (χ2n) is 7.94. The van der Waals surface area contributed by atoms with Crippen LogP contribution in [0.2, 0.25) is 0 Å². The van der Waals surface area contributed by atoms with Crippen LogP contribution in [0.3, 0.4) is 0 Å². The maximum atomic E-state index is 12.9. The Morgan fingerprint density at radius 3 is 2.22 bits per heavy atom. The Kier molecular flexibility index (Phi) is 8.11. The van der Waals surface area contributed by atoms with E-state index in [1.54, 1.807) is 36.4 Å². The van der Waals surface area contributed by atoms with Crippen molar-refractivity contribution in [2.45, 2.75) is 24.7 Å². The minimum Gasteiger partial charge on any atom is -0.355 e. The number of aryl methyl sites for hydroxylation is 1. The van der Waals surface area contributed by atoms with Gasteiger partial charge in [0.2, 0.25) is 15.9 Å². The molecule has 1 fully saturated rings. The summed E-state index contributed by atoms with van der Waals surface area (Å²) in [5.74, 6) is -0.867. The maximum Gasteiger partial charge on any atom is 0.243 e. The molecule has 7 nitrogen and oxygen atoms in total. The highest BCUT2D eigenvalue weighted by atomic mass is 32.2. The first kappa shape index (κ1) is 24.0. The van der Waals surface area contributed by atoms with Gasteiger partial charge in [0.25, 0.3) is 0 Å². The van der Waals surface area contributed by atoms with Crippen molar-refractivity contribution in [2.75, 3.05) is 39.3 Å². The second-order valence-corrected chi connectivity index (χ2v) is 9.87. The number of halogens is 1. The number of benzene rings is 2. The minimum atomic E-state index is -3.55. The highest BCUT2D eigenvalue weighted by Crippen LogP contribution is 2.18. The van der Waals surface area contributed by atoms with Crippen LogP contribution in [-0.4, -0.2) is 68.6 Å². The number of amides is 1. The van der Waals surface area contributed by atoms with E-state index in [0.717, 1.165) is 11.1 Å². The number of nitrogens with zero attached hydrogens (tertiary/aromatic N) is 2. The van der Waals surface area contributed by atoms with Crippen LogP contribution in [0.15, 0.2) is 53.4 Å². The summed E-state index contributed by atoms with van der Waals surface area (Å²) in [5, 5.41) is 2.70. The lowest BCUT2D eigenvalue weighted by molar-refractivity contribution is -0.128. The Bertz CT molecular complexity index is 1030. The van der Waals surface area contributed by atoms with E-state index in [-0.39, 0.29) is 35.4 Å². The Morgan fingerprint density at radius 2 is 1.59 bits per heavy atom. The number of ketones is 1. The van der Waals surface area contributed by atoms with Crippen LogP contribution < -0.4 is 5.32 Å². The molecule has 0 bridgehead atoms. The molecule has 0 radical (unpaired) electrons. The number of sulfonamides is 1. The van der Waals surface area contributed by atoms with Crippen LogP contribution in [0.25, 0.3) is 0 Å². The molecule has 3 rings (SSSR count).